The van der Waals surface area contributed by atoms with Crippen LogP contribution in [-0.2, 0) is 6.54 Å². The van der Waals surface area contributed by atoms with Crippen molar-refractivity contribution in [3.63, 3.8) is 0 Å². The van der Waals surface area contributed by atoms with E-state index in [0.717, 1.165) is 38.9 Å². The molecule has 0 bridgehead atoms. The number of phenolic OH excluding ortho intramolecular Hbond substituents is 1. The number of nitrogens with zero attached hydrogens (tertiary/aromatic N) is 3. The fraction of sp³-hybridized carbons (Fsp3) is 0.444. The summed E-state index contributed by atoms with van der Waals surface area (Å²) in [5.41, 5.74) is 0.555. The van der Waals surface area contributed by atoms with Gasteiger partial charge in [-0.2, -0.15) is 5.10 Å². The van der Waals surface area contributed by atoms with Crippen LogP contribution < -0.4 is 4.74 Å². The van der Waals surface area contributed by atoms with Crippen molar-refractivity contribution in [1.82, 2.24) is 14.7 Å². The van der Waals surface area contributed by atoms with Gasteiger partial charge in [-0.05, 0) is 49.4 Å². The monoisotopic (exact) mass is 329 g/mol. The molecule has 2 heterocycles. The van der Waals surface area contributed by atoms with Crippen LogP contribution in [0.4, 0.5) is 0 Å². The van der Waals surface area contributed by atoms with E-state index in [1.54, 1.807) is 18.3 Å². The van der Waals surface area contributed by atoms with Gasteiger partial charge in [-0.1, -0.05) is 0 Å². The lowest BCUT2D eigenvalue weighted by molar-refractivity contribution is 0.0684. The number of piperidine rings is 1. The number of methoxy groups -OCH3 is 1. The lowest BCUT2D eigenvalue weighted by Crippen LogP contribution is -2.38. The summed E-state index contributed by atoms with van der Waals surface area (Å²) in [6.07, 6.45) is 6.91. The third-order valence-corrected chi connectivity index (χ3v) is 4.65. The van der Waals surface area contributed by atoms with E-state index in [1.165, 1.54) is 13.2 Å². The van der Waals surface area contributed by atoms with Gasteiger partial charge in [0, 0.05) is 37.6 Å². The summed E-state index contributed by atoms with van der Waals surface area (Å²) < 4.78 is 7.04. The summed E-state index contributed by atoms with van der Waals surface area (Å²) in [5.74, 6) is 1.01. The first-order valence-corrected chi connectivity index (χ1v) is 8.31. The summed E-state index contributed by atoms with van der Waals surface area (Å²) >= 11 is 0. The van der Waals surface area contributed by atoms with E-state index in [9.17, 15) is 9.90 Å². The predicted octanol–water partition coefficient (Wildman–Crippen LogP) is 2.54. The van der Waals surface area contributed by atoms with Crippen LogP contribution in [0.2, 0.25) is 0 Å². The second kappa shape index (κ2) is 7.38. The highest BCUT2D eigenvalue weighted by molar-refractivity contribution is 5.95. The first-order valence-electron chi connectivity index (χ1n) is 8.31. The molecular formula is C18H23N3O3. The molecule has 0 spiro atoms. The zero-order valence-electron chi connectivity index (χ0n) is 13.9. The molecule has 0 atom stereocenters. The zero-order chi connectivity index (χ0) is 16.9. The maximum absolute atomic E-state index is 12.6. The number of aromatic hydroxyl groups is 1. The highest BCUT2D eigenvalue weighted by Gasteiger charge is 2.24. The molecule has 1 aliphatic rings. The lowest BCUT2D eigenvalue weighted by atomic mass is 9.93. The quantitative estimate of drug-likeness (QED) is 0.915. The molecule has 0 radical (unpaired) electrons. The maximum atomic E-state index is 12.6. The molecule has 0 aliphatic carbocycles. The second-order valence-corrected chi connectivity index (χ2v) is 6.18. The Bertz CT molecular complexity index is 677. The molecule has 0 unspecified atom stereocenters. The Morgan fingerprint density at radius 3 is 2.83 bits per heavy atom. The number of amides is 1. The van der Waals surface area contributed by atoms with Gasteiger partial charge in [0.1, 0.15) is 0 Å². The van der Waals surface area contributed by atoms with Crippen molar-refractivity contribution in [2.45, 2.75) is 25.8 Å². The number of phenols is 1. The van der Waals surface area contributed by atoms with Crippen LogP contribution in [0.5, 0.6) is 11.5 Å². The first-order chi connectivity index (χ1) is 11.7. The van der Waals surface area contributed by atoms with Gasteiger partial charge < -0.3 is 14.7 Å². The van der Waals surface area contributed by atoms with Crippen LogP contribution in [0.3, 0.4) is 0 Å². The first kappa shape index (κ1) is 16.4. The van der Waals surface area contributed by atoms with Gasteiger partial charge in [0.15, 0.2) is 11.5 Å². The highest BCUT2D eigenvalue weighted by atomic mass is 16.5. The van der Waals surface area contributed by atoms with Crippen molar-refractivity contribution in [1.29, 1.82) is 0 Å². The molecule has 1 aromatic heterocycles. The van der Waals surface area contributed by atoms with Gasteiger partial charge >= 0.3 is 0 Å². The fourth-order valence-electron chi connectivity index (χ4n) is 3.17. The molecule has 128 valence electrons. The summed E-state index contributed by atoms with van der Waals surface area (Å²) in [4.78, 5) is 14.5. The molecule has 1 N–H and O–H groups in total. The molecule has 6 heteroatoms. The molecule has 1 amide bonds. The van der Waals surface area contributed by atoms with Crippen molar-refractivity contribution >= 4 is 5.91 Å². The standard InChI is InChI=1S/C18H23N3O3/c1-24-17-13-15(3-4-16(17)22)18(23)20-10-5-14(6-11-20)7-12-21-9-2-8-19-21/h2-4,8-9,13-14,22H,5-7,10-12H2,1H3. The van der Waals surface area contributed by atoms with Crippen molar-refractivity contribution in [3.8, 4) is 11.5 Å². The molecule has 1 aliphatic heterocycles. The van der Waals surface area contributed by atoms with Crippen LogP contribution >= 0.6 is 0 Å². The van der Waals surface area contributed by atoms with Gasteiger partial charge in [-0.25, -0.2) is 0 Å². The molecule has 2 aromatic rings. The number of rotatable bonds is 5. The maximum Gasteiger partial charge on any atom is 0.253 e. The van der Waals surface area contributed by atoms with Gasteiger partial charge in [-0.3, -0.25) is 9.48 Å². The van der Waals surface area contributed by atoms with E-state index in [2.05, 4.69) is 5.10 Å². The number of hydrogen-bond acceptors (Lipinski definition) is 4. The van der Waals surface area contributed by atoms with E-state index in [4.69, 9.17) is 4.74 Å². The van der Waals surface area contributed by atoms with Gasteiger partial charge in [-0.15, -0.1) is 0 Å². The van der Waals surface area contributed by atoms with Crippen LogP contribution in [0, 0.1) is 5.92 Å². The Morgan fingerprint density at radius 1 is 1.38 bits per heavy atom. The Kier molecular flexibility index (Phi) is 5.03. The Morgan fingerprint density at radius 2 is 2.17 bits per heavy atom. The van der Waals surface area contributed by atoms with E-state index in [-0.39, 0.29) is 11.7 Å². The van der Waals surface area contributed by atoms with E-state index in [1.807, 2.05) is 21.8 Å². The highest BCUT2D eigenvalue weighted by Crippen LogP contribution is 2.28. The fourth-order valence-corrected chi connectivity index (χ4v) is 3.17. The topological polar surface area (TPSA) is 67.6 Å². The minimum atomic E-state index is -0.00109. The Labute approximate surface area is 141 Å². The number of ether oxygens (including phenoxy) is 1. The summed E-state index contributed by atoms with van der Waals surface area (Å²) in [7, 11) is 1.48. The largest absolute Gasteiger partial charge is 0.504 e. The predicted molar refractivity (Wildman–Crippen MR) is 90.1 cm³/mol. The molecule has 24 heavy (non-hydrogen) atoms. The third-order valence-electron chi connectivity index (χ3n) is 4.65. The third kappa shape index (κ3) is 3.69. The smallest absolute Gasteiger partial charge is 0.253 e. The van der Waals surface area contributed by atoms with Gasteiger partial charge in [0.25, 0.3) is 5.91 Å². The van der Waals surface area contributed by atoms with Crippen LogP contribution in [0.1, 0.15) is 29.6 Å². The SMILES string of the molecule is COc1cc(C(=O)N2CCC(CCn3cccn3)CC2)ccc1O. The van der Waals surface area contributed by atoms with E-state index in [0.29, 0.717) is 17.2 Å². The minimum absolute atomic E-state index is 0.00109. The second-order valence-electron chi connectivity index (χ2n) is 6.18. The van der Waals surface area contributed by atoms with Gasteiger partial charge in [0.2, 0.25) is 0 Å². The average Bonchev–Trinajstić information content (AvgIpc) is 3.14. The number of carbonyl (C=O) groups is 1. The van der Waals surface area contributed by atoms with E-state index >= 15 is 0 Å². The zero-order valence-corrected chi connectivity index (χ0v) is 13.9. The summed E-state index contributed by atoms with van der Waals surface area (Å²) in [6, 6.07) is 6.68. The van der Waals surface area contributed by atoms with Crippen molar-refractivity contribution in [2.24, 2.45) is 5.92 Å². The Balaban J connectivity index is 1.53. The van der Waals surface area contributed by atoms with Crippen LogP contribution in [0.15, 0.2) is 36.7 Å². The summed E-state index contributed by atoms with van der Waals surface area (Å²) in [6.45, 7) is 2.47. The number of aryl methyl sites for hydroxylation is 1. The molecule has 1 fully saturated rings. The Hall–Kier alpha value is -2.50. The average molecular weight is 329 g/mol. The van der Waals surface area contributed by atoms with Gasteiger partial charge in [0.05, 0.1) is 7.11 Å². The molecular weight excluding hydrogens is 306 g/mol. The van der Waals surface area contributed by atoms with Crippen LogP contribution in [0.25, 0.3) is 0 Å². The molecule has 1 saturated heterocycles. The summed E-state index contributed by atoms with van der Waals surface area (Å²) in [5, 5.41) is 13.9. The molecule has 1 aromatic carbocycles. The normalized spacial score (nSPS) is 15.5. The number of aromatic nitrogens is 2. The van der Waals surface area contributed by atoms with E-state index < -0.39 is 0 Å². The minimum Gasteiger partial charge on any atom is -0.504 e. The van der Waals surface area contributed by atoms with Crippen molar-refractivity contribution in [2.75, 3.05) is 20.2 Å². The van der Waals surface area contributed by atoms with Crippen molar-refractivity contribution < 1.29 is 14.6 Å². The number of carbonyl (C=O) groups excluding carboxylic acids is 1. The molecule has 3 rings (SSSR count). The van der Waals surface area contributed by atoms with Crippen LogP contribution in [-0.4, -0.2) is 45.9 Å². The number of hydrogen-bond donors (Lipinski definition) is 1. The number of likely N-dealkylation sites (tertiary alicyclic amines) is 1. The number of benzene rings is 1. The van der Waals surface area contributed by atoms with Crippen molar-refractivity contribution in [3.05, 3.63) is 42.2 Å². The molecule has 6 nitrogen and oxygen atoms in total. The molecule has 0 saturated carbocycles. The lowest BCUT2D eigenvalue weighted by Gasteiger charge is -2.32.